The molecule has 1 aromatic rings. The minimum atomic E-state index is -0.134. The zero-order valence-corrected chi connectivity index (χ0v) is 8.87. The van der Waals surface area contributed by atoms with Gasteiger partial charge in [-0.05, 0) is 25.0 Å². The molecule has 1 aromatic carbocycles. The van der Waals surface area contributed by atoms with E-state index >= 15 is 0 Å². The molecule has 0 unspecified atom stereocenters. The molecule has 0 fully saturated rings. The van der Waals surface area contributed by atoms with Crippen molar-refractivity contribution in [2.24, 2.45) is 5.73 Å². The van der Waals surface area contributed by atoms with Crippen LogP contribution in [0.3, 0.4) is 0 Å². The first-order chi connectivity index (χ1) is 6.61. The molecule has 14 heavy (non-hydrogen) atoms. The second-order valence-corrected chi connectivity index (χ2v) is 3.36. The molecule has 0 radical (unpaired) electrons. The summed E-state index contributed by atoms with van der Waals surface area (Å²) in [7, 11) is 1.53. The Hall–Kier alpha value is -1.22. The van der Waals surface area contributed by atoms with Gasteiger partial charge < -0.3 is 15.6 Å². The Labute approximate surface area is 84.5 Å². The van der Waals surface area contributed by atoms with E-state index in [0.29, 0.717) is 5.75 Å². The molecule has 0 aliphatic heterocycles. The molecule has 0 bridgehead atoms. The van der Waals surface area contributed by atoms with E-state index in [1.807, 2.05) is 19.9 Å². The lowest BCUT2D eigenvalue weighted by Crippen LogP contribution is -2.10. The molecule has 0 saturated carbocycles. The summed E-state index contributed by atoms with van der Waals surface area (Å²) in [5, 5.41) is 9.87. The van der Waals surface area contributed by atoms with Gasteiger partial charge in [0.25, 0.3) is 0 Å². The second-order valence-electron chi connectivity index (χ2n) is 3.36. The van der Waals surface area contributed by atoms with Crippen LogP contribution in [-0.2, 0) is 0 Å². The van der Waals surface area contributed by atoms with E-state index in [1.165, 1.54) is 7.11 Å². The van der Waals surface area contributed by atoms with Crippen LogP contribution in [0.15, 0.2) is 12.1 Å². The van der Waals surface area contributed by atoms with Gasteiger partial charge >= 0.3 is 0 Å². The zero-order valence-electron chi connectivity index (χ0n) is 8.87. The van der Waals surface area contributed by atoms with Crippen molar-refractivity contribution in [1.82, 2.24) is 0 Å². The lowest BCUT2D eigenvalue weighted by Gasteiger charge is -2.16. The number of phenols is 1. The van der Waals surface area contributed by atoms with Crippen LogP contribution < -0.4 is 10.5 Å². The van der Waals surface area contributed by atoms with Crippen LogP contribution in [0.1, 0.15) is 30.5 Å². The minimum absolute atomic E-state index is 0.134. The predicted octanol–water partition coefficient (Wildman–Crippen LogP) is 2.12. The molecular weight excluding hydrogens is 178 g/mol. The van der Waals surface area contributed by atoms with Crippen LogP contribution in [0, 0.1) is 6.92 Å². The molecule has 1 atom stereocenters. The third-order valence-electron chi connectivity index (χ3n) is 2.43. The maximum absolute atomic E-state index is 9.87. The number of nitrogens with two attached hydrogens (primary N) is 1. The molecule has 0 amide bonds. The van der Waals surface area contributed by atoms with Gasteiger partial charge in [-0.3, -0.25) is 0 Å². The highest BCUT2D eigenvalue weighted by Crippen LogP contribution is 2.36. The highest BCUT2D eigenvalue weighted by molar-refractivity contribution is 5.50. The van der Waals surface area contributed by atoms with Gasteiger partial charge in [0.15, 0.2) is 11.5 Å². The summed E-state index contributed by atoms with van der Waals surface area (Å²) < 4.78 is 5.03. The van der Waals surface area contributed by atoms with Crippen molar-refractivity contribution in [3.63, 3.8) is 0 Å². The Bertz CT molecular complexity index is 323. The van der Waals surface area contributed by atoms with Crippen LogP contribution in [0.25, 0.3) is 0 Å². The van der Waals surface area contributed by atoms with E-state index in [1.54, 1.807) is 6.07 Å². The number of aryl methyl sites for hydroxylation is 1. The Morgan fingerprint density at radius 3 is 2.64 bits per heavy atom. The van der Waals surface area contributed by atoms with Gasteiger partial charge in [0.05, 0.1) is 7.11 Å². The van der Waals surface area contributed by atoms with E-state index in [9.17, 15) is 5.11 Å². The average molecular weight is 195 g/mol. The number of ether oxygens (including phenoxy) is 1. The van der Waals surface area contributed by atoms with E-state index < -0.39 is 0 Å². The van der Waals surface area contributed by atoms with Gasteiger partial charge in [-0.15, -0.1) is 0 Å². The van der Waals surface area contributed by atoms with Crippen LogP contribution in [0.5, 0.6) is 11.5 Å². The molecule has 3 N–H and O–H groups in total. The van der Waals surface area contributed by atoms with E-state index in [0.717, 1.165) is 17.5 Å². The van der Waals surface area contributed by atoms with Gasteiger partial charge in [0.2, 0.25) is 0 Å². The minimum Gasteiger partial charge on any atom is -0.504 e. The first-order valence-electron chi connectivity index (χ1n) is 4.73. The standard InChI is InChI=1S/C11H17NO2/c1-4-8(12)10-7(2)5-6-9(14-3)11(10)13/h5-6,8,13H,4,12H2,1-3H3/t8-/m0/s1. The predicted molar refractivity (Wildman–Crippen MR) is 56.6 cm³/mol. The first-order valence-corrected chi connectivity index (χ1v) is 4.73. The van der Waals surface area contributed by atoms with Crippen molar-refractivity contribution in [1.29, 1.82) is 0 Å². The number of hydrogen-bond donors (Lipinski definition) is 2. The van der Waals surface area contributed by atoms with Crippen LogP contribution >= 0.6 is 0 Å². The van der Waals surface area contributed by atoms with Crippen molar-refractivity contribution in [3.05, 3.63) is 23.3 Å². The Morgan fingerprint density at radius 2 is 2.14 bits per heavy atom. The molecule has 3 heteroatoms. The number of phenolic OH excluding ortho intramolecular Hbond substituents is 1. The molecule has 0 aliphatic carbocycles. The Morgan fingerprint density at radius 1 is 1.50 bits per heavy atom. The summed E-state index contributed by atoms with van der Waals surface area (Å²) >= 11 is 0. The fourth-order valence-corrected chi connectivity index (χ4v) is 1.53. The zero-order chi connectivity index (χ0) is 10.7. The van der Waals surface area contributed by atoms with Gasteiger partial charge in [-0.25, -0.2) is 0 Å². The maximum atomic E-state index is 9.87. The van der Waals surface area contributed by atoms with Gasteiger partial charge in [-0.1, -0.05) is 13.0 Å². The number of aromatic hydroxyl groups is 1. The number of methoxy groups -OCH3 is 1. The Balaban J connectivity index is 3.25. The van der Waals surface area contributed by atoms with Crippen LogP contribution in [-0.4, -0.2) is 12.2 Å². The summed E-state index contributed by atoms with van der Waals surface area (Å²) in [6, 6.07) is 3.52. The van der Waals surface area contributed by atoms with Crippen molar-refractivity contribution < 1.29 is 9.84 Å². The maximum Gasteiger partial charge on any atom is 0.162 e. The Kier molecular flexibility index (Phi) is 3.36. The van der Waals surface area contributed by atoms with Crippen molar-refractivity contribution in [2.75, 3.05) is 7.11 Å². The number of rotatable bonds is 3. The molecule has 78 valence electrons. The topological polar surface area (TPSA) is 55.5 Å². The number of benzene rings is 1. The summed E-state index contributed by atoms with van der Waals surface area (Å²) in [6.45, 7) is 3.92. The largest absolute Gasteiger partial charge is 0.504 e. The normalized spacial score (nSPS) is 12.6. The molecule has 0 saturated heterocycles. The monoisotopic (exact) mass is 195 g/mol. The van der Waals surface area contributed by atoms with Crippen molar-refractivity contribution in [3.8, 4) is 11.5 Å². The lowest BCUT2D eigenvalue weighted by molar-refractivity contribution is 0.367. The lowest BCUT2D eigenvalue weighted by atomic mass is 9.98. The SMILES string of the molecule is CC[C@H](N)c1c(C)ccc(OC)c1O. The summed E-state index contributed by atoms with van der Waals surface area (Å²) in [6.07, 6.45) is 0.793. The van der Waals surface area contributed by atoms with Crippen LogP contribution in [0.2, 0.25) is 0 Å². The third-order valence-corrected chi connectivity index (χ3v) is 2.43. The third kappa shape index (κ3) is 1.82. The number of hydrogen-bond acceptors (Lipinski definition) is 3. The quantitative estimate of drug-likeness (QED) is 0.776. The van der Waals surface area contributed by atoms with E-state index in [4.69, 9.17) is 10.5 Å². The summed E-state index contributed by atoms with van der Waals surface area (Å²) in [5.74, 6) is 0.649. The van der Waals surface area contributed by atoms with Crippen molar-refractivity contribution in [2.45, 2.75) is 26.3 Å². The second kappa shape index (κ2) is 4.33. The van der Waals surface area contributed by atoms with Crippen molar-refractivity contribution >= 4 is 0 Å². The van der Waals surface area contributed by atoms with E-state index in [2.05, 4.69) is 0 Å². The summed E-state index contributed by atoms with van der Waals surface area (Å²) in [4.78, 5) is 0. The van der Waals surface area contributed by atoms with Crippen LogP contribution in [0.4, 0.5) is 0 Å². The highest BCUT2D eigenvalue weighted by Gasteiger charge is 2.15. The molecule has 3 nitrogen and oxygen atoms in total. The molecule has 0 heterocycles. The molecule has 0 aliphatic rings. The van der Waals surface area contributed by atoms with Gasteiger partial charge in [0, 0.05) is 11.6 Å². The fourth-order valence-electron chi connectivity index (χ4n) is 1.53. The highest BCUT2D eigenvalue weighted by atomic mass is 16.5. The first kappa shape index (κ1) is 10.9. The van der Waals surface area contributed by atoms with Gasteiger partial charge in [-0.2, -0.15) is 0 Å². The van der Waals surface area contributed by atoms with Gasteiger partial charge in [0.1, 0.15) is 0 Å². The molecular formula is C11H17NO2. The molecule has 1 rings (SSSR count). The molecule has 0 spiro atoms. The fraction of sp³-hybridized carbons (Fsp3) is 0.455. The van der Waals surface area contributed by atoms with E-state index in [-0.39, 0.29) is 11.8 Å². The smallest absolute Gasteiger partial charge is 0.162 e. The molecule has 0 aromatic heterocycles. The average Bonchev–Trinajstić information content (AvgIpc) is 2.18. The summed E-state index contributed by atoms with van der Waals surface area (Å²) in [5.41, 5.74) is 7.69.